The Labute approximate surface area is 189 Å². The first-order chi connectivity index (χ1) is 15.8. The van der Waals surface area contributed by atoms with E-state index in [2.05, 4.69) is 123 Å². The van der Waals surface area contributed by atoms with E-state index in [0.29, 0.717) is 0 Å². The van der Waals surface area contributed by atoms with E-state index in [1.54, 1.807) is 0 Å². The van der Waals surface area contributed by atoms with Gasteiger partial charge >= 0.3 is 0 Å². The van der Waals surface area contributed by atoms with E-state index in [-0.39, 0.29) is 5.41 Å². The summed E-state index contributed by atoms with van der Waals surface area (Å²) in [5.74, 6) is 0. The molecule has 0 saturated heterocycles. The van der Waals surface area contributed by atoms with E-state index >= 15 is 0 Å². The fourth-order valence-electron chi connectivity index (χ4n) is 5.83. The quantitative estimate of drug-likeness (QED) is 0.259. The highest BCUT2D eigenvalue weighted by Gasteiger charge is 2.51. The molecule has 0 saturated carbocycles. The molecule has 0 aliphatic heterocycles. The lowest BCUT2D eigenvalue weighted by molar-refractivity contribution is 0.793. The molecule has 0 heteroatoms. The first-order valence-corrected chi connectivity index (χ1v) is 11.2. The summed E-state index contributed by atoms with van der Waals surface area (Å²) < 4.78 is 0. The van der Waals surface area contributed by atoms with Crippen LogP contribution in [0.2, 0.25) is 0 Å². The Balaban J connectivity index is 1.76. The Kier molecular flexibility index (Phi) is 4.16. The Morgan fingerprint density at radius 1 is 0.656 bits per heavy atom. The maximum absolute atomic E-state index is 3.93. The van der Waals surface area contributed by atoms with Gasteiger partial charge < -0.3 is 0 Å². The van der Waals surface area contributed by atoms with Gasteiger partial charge in [-0.25, -0.2) is 0 Å². The molecule has 0 atom stereocenters. The molecule has 0 nitrogen and oxygen atoms in total. The number of fused-ring (bicyclic) bond motifs is 10. The van der Waals surface area contributed by atoms with Gasteiger partial charge in [0.1, 0.15) is 0 Å². The second-order valence-electron chi connectivity index (χ2n) is 8.50. The van der Waals surface area contributed by atoms with Crippen molar-refractivity contribution in [1.82, 2.24) is 0 Å². The van der Waals surface area contributed by atoms with Crippen LogP contribution < -0.4 is 0 Å². The maximum atomic E-state index is 3.93. The molecular weight excluding hydrogens is 384 g/mol. The predicted molar refractivity (Wildman–Crippen MR) is 136 cm³/mol. The summed E-state index contributed by atoms with van der Waals surface area (Å²) in [4.78, 5) is 0. The minimum absolute atomic E-state index is 0.287. The van der Waals surface area contributed by atoms with Gasteiger partial charge in [0, 0.05) is 0 Å². The van der Waals surface area contributed by atoms with Crippen LogP contribution >= 0.6 is 0 Å². The molecule has 2 aliphatic rings. The molecule has 0 bridgehead atoms. The Morgan fingerprint density at radius 3 is 1.66 bits per heavy atom. The van der Waals surface area contributed by atoms with Crippen molar-refractivity contribution in [3.8, 4) is 22.3 Å². The van der Waals surface area contributed by atoms with Crippen LogP contribution in [0.4, 0.5) is 0 Å². The highest BCUT2D eigenvalue weighted by Crippen LogP contribution is 2.62. The second-order valence-corrected chi connectivity index (χ2v) is 8.50. The summed E-state index contributed by atoms with van der Waals surface area (Å²) in [6.07, 6.45) is 8.21. The van der Waals surface area contributed by atoms with E-state index < -0.39 is 0 Å². The lowest BCUT2D eigenvalue weighted by Crippen LogP contribution is -2.25. The Hall–Kier alpha value is -3.90. The standard InChI is InChI=1S/C32H24/c1-3-11-22(12-4-2)23-19-20-27-26-15-7-10-18-30(26)32(31(27)21-23)28-16-8-5-13-24(28)25-14-6-9-17-29(25)32/h3-21H,1H2,2H3/b12-4+,22-11-. The largest absolute Gasteiger partial charge is 0.0990 e. The molecule has 0 unspecified atom stereocenters. The molecule has 4 aromatic rings. The summed E-state index contributed by atoms with van der Waals surface area (Å²) in [5.41, 5.74) is 13.0. The van der Waals surface area contributed by atoms with Gasteiger partial charge in [-0.15, -0.1) is 0 Å². The van der Waals surface area contributed by atoms with Crippen molar-refractivity contribution in [3.63, 3.8) is 0 Å². The van der Waals surface area contributed by atoms with Gasteiger partial charge in [-0.3, -0.25) is 0 Å². The maximum Gasteiger partial charge on any atom is 0.0725 e. The van der Waals surface area contributed by atoms with Crippen molar-refractivity contribution in [1.29, 1.82) is 0 Å². The van der Waals surface area contributed by atoms with E-state index in [9.17, 15) is 0 Å². The molecule has 32 heavy (non-hydrogen) atoms. The predicted octanol–water partition coefficient (Wildman–Crippen LogP) is 8.18. The average Bonchev–Trinajstić information content (AvgIpc) is 3.31. The first kappa shape index (κ1) is 18.8. The second kappa shape index (κ2) is 7.07. The topological polar surface area (TPSA) is 0 Å². The molecule has 4 aromatic carbocycles. The van der Waals surface area contributed by atoms with Crippen LogP contribution in [-0.2, 0) is 5.41 Å². The number of allylic oxidation sites excluding steroid dienone is 5. The van der Waals surface area contributed by atoms with E-state index in [1.165, 1.54) is 55.6 Å². The first-order valence-electron chi connectivity index (χ1n) is 11.2. The van der Waals surface area contributed by atoms with Crippen LogP contribution in [0.15, 0.2) is 122 Å². The SMILES string of the molecule is C=C/C=C(/C=C/C)c1ccc2c(c1)C1(c3ccccc3-c3ccccc31)c1ccccc1-2. The normalized spacial score (nSPS) is 14.8. The van der Waals surface area contributed by atoms with Crippen LogP contribution in [0.25, 0.3) is 27.8 Å². The fraction of sp³-hybridized carbons (Fsp3) is 0.0625. The molecule has 0 N–H and O–H groups in total. The van der Waals surface area contributed by atoms with Gasteiger partial charge in [-0.05, 0) is 68.6 Å². The smallest absolute Gasteiger partial charge is 0.0725 e. The monoisotopic (exact) mass is 408 g/mol. The van der Waals surface area contributed by atoms with Crippen LogP contribution in [0.1, 0.15) is 34.7 Å². The fourth-order valence-corrected chi connectivity index (χ4v) is 5.83. The third kappa shape index (κ3) is 2.32. The molecular formula is C32H24. The third-order valence-electron chi connectivity index (χ3n) is 6.97. The molecule has 1 spiro atoms. The van der Waals surface area contributed by atoms with Gasteiger partial charge in [0.15, 0.2) is 0 Å². The molecule has 0 fully saturated rings. The minimum Gasteiger partial charge on any atom is -0.0990 e. The number of benzene rings is 4. The Bertz CT molecular complexity index is 1380. The van der Waals surface area contributed by atoms with Crippen LogP contribution in [0.5, 0.6) is 0 Å². The van der Waals surface area contributed by atoms with Crippen molar-refractivity contribution in [2.24, 2.45) is 0 Å². The highest BCUT2D eigenvalue weighted by atomic mass is 14.5. The van der Waals surface area contributed by atoms with Gasteiger partial charge in [-0.2, -0.15) is 0 Å². The zero-order valence-corrected chi connectivity index (χ0v) is 18.2. The zero-order chi connectivity index (χ0) is 21.7. The van der Waals surface area contributed by atoms with Gasteiger partial charge in [0.2, 0.25) is 0 Å². The van der Waals surface area contributed by atoms with Crippen molar-refractivity contribution >= 4 is 5.57 Å². The van der Waals surface area contributed by atoms with Gasteiger partial charge in [-0.1, -0.05) is 116 Å². The van der Waals surface area contributed by atoms with Crippen molar-refractivity contribution in [3.05, 3.63) is 150 Å². The minimum atomic E-state index is -0.287. The summed E-state index contributed by atoms with van der Waals surface area (Å²) in [6.45, 7) is 5.99. The molecule has 0 aromatic heterocycles. The van der Waals surface area contributed by atoms with Crippen molar-refractivity contribution < 1.29 is 0 Å². The summed E-state index contributed by atoms with van der Waals surface area (Å²) >= 11 is 0. The highest BCUT2D eigenvalue weighted by molar-refractivity contribution is 5.95. The molecule has 0 radical (unpaired) electrons. The van der Waals surface area contributed by atoms with Crippen LogP contribution in [0.3, 0.4) is 0 Å². The van der Waals surface area contributed by atoms with Crippen molar-refractivity contribution in [2.45, 2.75) is 12.3 Å². The summed E-state index contributed by atoms with van der Waals surface area (Å²) in [6, 6.07) is 33.8. The van der Waals surface area contributed by atoms with Gasteiger partial charge in [0.25, 0.3) is 0 Å². The zero-order valence-electron chi connectivity index (χ0n) is 18.2. The third-order valence-corrected chi connectivity index (χ3v) is 6.97. The van der Waals surface area contributed by atoms with Crippen LogP contribution in [-0.4, -0.2) is 0 Å². The molecule has 0 amide bonds. The van der Waals surface area contributed by atoms with Crippen LogP contribution in [0, 0.1) is 0 Å². The Morgan fingerprint density at radius 2 is 1.16 bits per heavy atom. The number of hydrogen-bond donors (Lipinski definition) is 0. The van der Waals surface area contributed by atoms with E-state index in [0.717, 1.165) is 0 Å². The lowest BCUT2D eigenvalue weighted by Gasteiger charge is -2.30. The van der Waals surface area contributed by atoms with E-state index in [1.807, 2.05) is 6.08 Å². The van der Waals surface area contributed by atoms with E-state index in [4.69, 9.17) is 0 Å². The van der Waals surface area contributed by atoms with Crippen molar-refractivity contribution in [2.75, 3.05) is 0 Å². The summed E-state index contributed by atoms with van der Waals surface area (Å²) in [7, 11) is 0. The summed E-state index contributed by atoms with van der Waals surface area (Å²) in [5, 5.41) is 0. The lowest BCUT2D eigenvalue weighted by atomic mass is 9.70. The molecule has 0 heterocycles. The number of rotatable bonds is 3. The van der Waals surface area contributed by atoms with Gasteiger partial charge in [0.05, 0.1) is 5.41 Å². The molecule has 152 valence electrons. The number of hydrogen-bond acceptors (Lipinski definition) is 0. The average molecular weight is 409 g/mol. The molecule has 6 rings (SSSR count). The molecule has 2 aliphatic carbocycles.